The van der Waals surface area contributed by atoms with Gasteiger partial charge in [-0.15, -0.1) is 0 Å². The molecule has 0 aliphatic carbocycles. The van der Waals surface area contributed by atoms with Crippen molar-refractivity contribution in [3.05, 3.63) is 34.4 Å². The van der Waals surface area contributed by atoms with Gasteiger partial charge in [-0.05, 0) is 43.0 Å². The van der Waals surface area contributed by atoms with Gasteiger partial charge in [-0.1, -0.05) is 12.1 Å². The summed E-state index contributed by atoms with van der Waals surface area (Å²) in [6.07, 6.45) is 0.208. The number of carbonyl (C=O) groups is 1. The van der Waals surface area contributed by atoms with Crippen molar-refractivity contribution in [1.82, 2.24) is 5.43 Å². The molecule has 0 radical (unpaired) electrons. The van der Waals surface area contributed by atoms with Crippen LogP contribution in [-0.4, -0.2) is 5.91 Å². The van der Waals surface area contributed by atoms with Gasteiger partial charge in [0.15, 0.2) is 0 Å². The predicted octanol–water partition coefficient (Wildman–Crippen LogP) is 0.992. The smallest absolute Gasteiger partial charge is 0.235 e. The average Bonchev–Trinajstić information content (AvgIpc) is 2.25. The third kappa shape index (κ3) is 2.59. The SMILES string of the molecule is Cc1ccc(C(N)CC(=O)NN)c(C)c1C. The molecule has 16 heavy (non-hydrogen) atoms. The topological polar surface area (TPSA) is 81.1 Å². The van der Waals surface area contributed by atoms with Crippen molar-refractivity contribution in [3.8, 4) is 0 Å². The third-order valence-corrected chi connectivity index (χ3v) is 3.07. The van der Waals surface area contributed by atoms with Crippen molar-refractivity contribution < 1.29 is 4.79 Å². The van der Waals surface area contributed by atoms with Gasteiger partial charge in [0, 0.05) is 12.5 Å². The highest BCUT2D eigenvalue weighted by Crippen LogP contribution is 2.23. The molecule has 0 heterocycles. The Morgan fingerprint density at radius 2 is 1.94 bits per heavy atom. The minimum Gasteiger partial charge on any atom is -0.324 e. The molecule has 88 valence electrons. The van der Waals surface area contributed by atoms with Gasteiger partial charge in [0.25, 0.3) is 0 Å². The Labute approximate surface area is 96.0 Å². The molecule has 0 aliphatic heterocycles. The fourth-order valence-electron chi connectivity index (χ4n) is 1.75. The van der Waals surface area contributed by atoms with Gasteiger partial charge in [0.2, 0.25) is 5.91 Å². The molecule has 0 bridgehead atoms. The molecule has 1 aromatic carbocycles. The van der Waals surface area contributed by atoms with Crippen LogP contribution in [0, 0.1) is 20.8 Å². The second-order valence-electron chi connectivity index (χ2n) is 4.10. The largest absolute Gasteiger partial charge is 0.324 e. The van der Waals surface area contributed by atoms with Gasteiger partial charge < -0.3 is 5.73 Å². The van der Waals surface area contributed by atoms with Gasteiger partial charge in [0.1, 0.15) is 0 Å². The van der Waals surface area contributed by atoms with E-state index < -0.39 is 0 Å². The number of rotatable bonds is 3. The molecule has 4 nitrogen and oxygen atoms in total. The standard InChI is InChI=1S/C12H19N3O/c1-7-4-5-10(9(3)8(7)2)11(13)6-12(16)15-14/h4-5,11H,6,13-14H2,1-3H3,(H,15,16). The quantitative estimate of drug-likeness (QED) is 0.404. The highest BCUT2D eigenvalue weighted by atomic mass is 16.2. The van der Waals surface area contributed by atoms with Crippen molar-refractivity contribution in [3.63, 3.8) is 0 Å². The lowest BCUT2D eigenvalue weighted by Gasteiger charge is -2.16. The van der Waals surface area contributed by atoms with Crippen molar-refractivity contribution in [2.24, 2.45) is 11.6 Å². The van der Waals surface area contributed by atoms with Gasteiger partial charge in [-0.2, -0.15) is 0 Å². The Morgan fingerprint density at radius 3 is 2.50 bits per heavy atom. The lowest BCUT2D eigenvalue weighted by Crippen LogP contribution is -2.32. The number of hydrogen-bond donors (Lipinski definition) is 3. The lowest BCUT2D eigenvalue weighted by molar-refractivity contribution is -0.121. The fourth-order valence-corrected chi connectivity index (χ4v) is 1.75. The van der Waals surface area contributed by atoms with Crippen molar-refractivity contribution in [2.75, 3.05) is 0 Å². The molecule has 0 aromatic heterocycles. The summed E-state index contributed by atoms with van der Waals surface area (Å²) in [6, 6.07) is 3.70. The van der Waals surface area contributed by atoms with Crippen LogP contribution in [0.5, 0.6) is 0 Å². The van der Waals surface area contributed by atoms with E-state index in [4.69, 9.17) is 11.6 Å². The number of amides is 1. The number of nitrogens with one attached hydrogen (secondary N) is 1. The van der Waals surface area contributed by atoms with E-state index in [9.17, 15) is 4.79 Å². The molecule has 1 aromatic rings. The Hall–Kier alpha value is -1.39. The number of hydrogen-bond acceptors (Lipinski definition) is 3. The minimum absolute atomic E-state index is 0.208. The van der Waals surface area contributed by atoms with E-state index in [0.29, 0.717) is 0 Å². The molecule has 1 atom stereocenters. The van der Waals surface area contributed by atoms with Crippen LogP contribution >= 0.6 is 0 Å². The number of benzene rings is 1. The molecule has 0 fully saturated rings. The zero-order valence-corrected chi connectivity index (χ0v) is 10.0. The van der Waals surface area contributed by atoms with E-state index in [1.807, 2.05) is 19.1 Å². The van der Waals surface area contributed by atoms with E-state index in [2.05, 4.69) is 19.3 Å². The Kier molecular flexibility index (Phi) is 4.04. The zero-order valence-electron chi connectivity index (χ0n) is 10.0. The summed E-state index contributed by atoms with van der Waals surface area (Å²) < 4.78 is 0. The monoisotopic (exact) mass is 221 g/mol. The van der Waals surface area contributed by atoms with E-state index in [1.165, 1.54) is 11.1 Å². The summed E-state index contributed by atoms with van der Waals surface area (Å²) in [4.78, 5) is 11.1. The maximum atomic E-state index is 11.1. The summed E-state index contributed by atoms with van der Waals surface area (Å²) in [7, 11) is 0. The molecular formula is C12H19N3O. The second kappa shape index (κ2) is 5.09. The van der Waals surface area contributed by atoms with Gasteiger partial charge >= 0.3 is 0 Å². The van der Waals surface area contributed by atoms with Crippen LogP contribution in [0.2, 0.25) is 0 Å². The van der Waals surface area contributed by atoms with Gasteiger partial charge in [-0.25, -0.2) is 5.84 Å². The number of nitrogens with two attached hydrogens (primary N) is 2. The van der Waals surface area contributed by atoms with Crippen LogP contribution in [0.1, 0.15) is 34.7 Å². The summed E-state index contributed by atoms with van der Waals surface area (Å²) in [6.45, 7) is 6.14. The second-order valence-corrected chi connectivity index (χ2v) is 4.10. The molecule has 1 unspecified atom stereocenters. The molecule has 0 spiro atoms. The molecule has 0 saturated heterocycles. The molecule has 4 heteroatoms. The van der Waals surface area contributed by atoms with E-state index in [1.54, 1.807) is 0 Å². The first kappa shape index (κ1) is 12.7. The third-order valence-electron chi connectivity index (χ3n) is 3.07. The van der Waals surface area contributed by atoms with Gasteiger partial charge in [-0.3, -0.25) is 10.2 Å². The summed E-state index contributed by atoms with van der Waals surface area (Å²) in [5.41, 5.74) is 12.7. The molecular weight excluding hydrogens is 202 g/mol. The predicted molar refractivity (Wildman–Crippen MR) is 64.5 cm³/mol. The van der Waals surface area contributed by atoms with Gasteiger partial charge in [0.05, 0.1) is 0 Å². The highest BCUT2D eigenvalue weighted by molar-refractivity contribution is 5.76. The van der Waals surface area contributed by atoms with Crippen LogP contribution in [0.15, 0.2) is 12.1 Å². The Morgan fingerprint density at radius 1 is 1.31 bits per heavy atom. The van der Waals surface area contributed by atoms with Crippen molar-refractivity contribution in [1.29, 1.82) is 0 Å². The molecule has 1 rings (SSSR count). The molecule has 1 amide bonds. The highest BCUT2D eigenvalue weighted by Gasteiger charge is 2.14. The minimum atomic E-state index is -0.303. The van der Waals surface area contributed by atoms with Crippen LogP contribution in [0.25, 0.3) is 0 Å². The normalized spacial score (nSPS) is 12.3. The van der Waals surface area contributed by atoms with Crippen molar-refractivity contribution in [2.45, 2.75) is 33.2 Å². The van der Waals surface area contributed by atoms with Crippen LogP contribution < -0.4 is 17.0 Å². The first-order valence-corrected chi connectivity index (χ1v) is 5.29. The zero-order chi connectivity index (χ0) is 12.3. The first-order chi connectivity index (χ1) is 7.47. The van der Waals surface area contributed by atoms with Crippen LogP contribution in [-0.2, 0) is 4.79 Å². The lowest BCUT2D eigenvalue weighted by atomic mass is 9.93. The molecule has 0 saturated carbocycles. The summed E-state index contributed by atoms with van der Waals surface area (Å²) in [5.74, 6) is 4.79. The molecule has 0 aliphatic rings. The maximum Gasteiger partial charge on any atom is 0.235 e. The Balaban J connectivity index is 2.96. The fraction of sp³-hybridized carbons (Fsp3) is 0.417. The average molecular weight is 221 g/mol. The van der Waals surface area contributed by atoms with E-state index in [-0.39, 0.29) is 18.4 Å². The van der Waals surface area contributed by atoms with Crippen LogP contribution in [0.4, 0.5) is 0 Å². The summed E-state index contributed by atoms with van der Waals surface area (Å²) >= 11 is 0. The van der Waals surface area contributed by atoms with E-state index >= 15 is 0 Å². The number of aryl methyl sites for hydroxylation is 1. The van der Waals surface area contributed by atoms with E-state index in [0.717, 1.165) is 11.1 Å². The van der Waals surface area contributed by atoms with Crippen LogP contribution in [0.3, 0.4) is 0 Å². The first-order valence-electron chi connectivity index (χ1n) is 5.29. The number of hydrazine groups is 1. The number of carbonyl (C=O) groups excluding carboxylic acids is 1. The maximum absolute atomic E-state index is 11.1. The van der Waals surface area contributed by atoms with Crippen molar-refractivity contribution >= 4 is 5.91 Å². The molecule has 5 N–H and O–H groups in total. The summed E-state index contributed by atoms with van der Waals surface area (Å²) in [5, 5.41) is 0. The Bertz CT molecular complexity index is 401.